The number of rotatable bonds is 6. The van der Waals surface area contributed by atoms with Crippen LogP contribution in [0.5, 0.6) is 0 Å². The fraction of sp³-hybridized carbons (Fsp3) is 0.429. The molecule has 1 atom stereocenters. The molecule has 3 rings (SSSR count). The number of aliphatic hydroxyl groups excluding tert-OH is 1. The van der Waals surface area contributed by atoms with Gasteiger partial charge in [-0.3, -0.25) is 4.79 Å². The van der Waals surface area contributed by atoms with Crippen LogP contribution in [0, 0.1) is 5.82 Å². The van der Waals surface area contributed by atoms with Crippen LogP contribution in [0.25, 0.3) is 0 Å². The highest BCUT2D eigenvalue weighted by atomic mass is 19.1. The number of anilines is 2. The SMILES string of the molecule is CCNC(=O)c1ccc(NC(C)c2cc(F)ccc2N2CCC(O)CC2)nc1. The quantitative estimate of drug-likeness (QED) is 0.711. The van der Waals surface area contributed by atoms with E-state index in [0.717, 1.165) is 24.3 Å². The Hall–Kier alpha value is -2.67. The monoisotopic (exact) mass is 386 g/mol. The van der Waals surface area contributed by atoms with Gasteiger partial charge in [0.25, 0.3) is 5.91 Å². The Labute approximate surface area is 164 Å². The molecule has 1 aromatic heterocycles. The van der Waals surface area contributed by atoms with Crippen LogP contribution in [0.15, 0.2) is 36.5 Å². The maximum absolute atomic E-state index is 13.9. The second-order valence-electron chi connectivity index (χ2n) is 7.08. The molecule has 1 aromatic carbocycles. The summed E-state index contributed by atoms with van der Waals surface area (Å²) < 4.78 is 13.9. The van der Waals surface area contributed by atoms with E-state index in [1.165, 1.54) is 12.3 Å². The first-order valence-corrected chi connectivity index (χ1v) is 9.71. The van der Waals surface area contributed by atoms with Crippen LogP contribution < -0.4 is 15.5 Å². The topological polar surface area (TPSA) is 77.5 Å². The summed E-state index contributed by atoms with van der Waals surface area (Å²) in [6.45, 7) is 5.86. The minimum Gasteiger partial charge on any atom is -0.393 e. The normalized spacial score (nSPS) is 15.9. The number of hydrogen-bond donors (Lipinski definition) is 3. The molecule has 1 unspecified atom stereocenters. The summed E-state index contributed by atoms with van der Waals surface area (Å²) in [5.74, 6) is 0.170. The third-order valence-electron chi connectivity index (χ3n) is 4.99. The highest BCUT2D eigenvalue weighted by molar-refractivity contribution is 5.93. The van der Waals surface area contributed by atoms with Crippen molar-refractivity contribution < 1.29 is 14.3 Å². The molecule has 1 amide bonds. The Bertz CT molecular complexity index is 805. The molecule has 0 bridgehead atoms. The molecule has 1 fully saturated rings. The number of nitrogens with one attached hydrogen (secondary N) is 2. The number of hydrogen-bond acceptors (Lipinski definition) is 5. The third kappa shape index (κ3) is 4.78. The van der Waals surface area contributed by atoms with Crippen LogP contribution in [-0.4, -0.2) is 41.7 Å². The molecule has 0 saturated carbocycles. The molecular formula is C21H27FN4O2. The van der Waals surface area contributed by atoms with Crippen LogP contribution in [0.4, 0.5) is 15.9 Å². The van der Waals surface area contributed by atoms with Gasteiger partial charge in [-0.25, -0.2) is 9.37 Å². The molecule has 0 spiro atoms. The predicted molar refractivity (Wildman–Crippen MR) is 108 cm³/mol. The lowest BCUT2D eigenvalue weighted by Gasteiger charge is -2.34. The van der Waals surface area contributed by atoms with Gasteiger partial charge in [-0.05, 0) is 57.0 Å². The summed E-state index contributed by atoms with van der Waals surface area (Å²) in [7, 11) is 0. The maximum Gasteiger partial charge on any atom is 0.252 e. The Balaban J connectivity index is 1.76. The molecule has 0 aliphatic carbocycles. The van der Waals surface area contributed by atoms with Gasteiger partial charge in [0, 0.05) is 37.1 Å². The van der Waals surface area contributed by atoms with Crippen molar-refractivity contribution in [3.8, 4) is 0 Å². The number of aliphatic hydroxyl groups is 1. The van der Waals surface area contributed by atoms with Crippen LogP contribution in [0.1, 0.15) is 48.7 Å². The number of amides is 1. The van der Waals surface area contributed by atoms with E-state index in [-0.39, 0.29) is 23.9 Å². The van der Waals surface area contributed by atoms with Crippen molar-refractivity contribution in [2.75, 3.05) is 29.9 Å². The van der Waals surface area contributed by atoms with Crippen molar-refractivity contribution >= 4 is 17.4 Å². The van der Waals surface area contributed by atoms with Crippen molar-refractivity contribution in [3.05, 3.63) is 53.5 Å². The van der Waals surface area contributed by atoms with E-state index in [1.807, 2.05) is 13.8 Å². The van der Waals surface area contributed by atoms with Crippen LogP contribution in [-0.2, 0) is 0 Å². The number of nitrogens with zero attached hydrogens (tertiary/aromatic N) is 2. The molecule has 6 nitrogen and oxygen atoms in total. The van der Waals surface area contributed by atoms with E-state index in [4.69, 9.17) is 0 Å². The lowest BCUT2D eigenvalue weighted by molar-refractivity contribution is 0.0955. The van der Waals surface area contributed by atoms with Crippen molar-refractivity contribution in [2.24, 2.45) is 0 Å². The third-order valence-corrected chi connectivity index (χ3v) is 4.99. The summed E-state index contributed by atoms with van der Waals surface area (Å²) in [5.41, 5.74) is 2.30. The fourth-order valence-electron chi connectivity index (χ4n) is 3.44. The highest BCUT2D eigenvalue weighted by Crippen LogP contribution is 2.31. The average Bonchev–Trinajstić information content (AvgIpc) is 2.69. The lowest BCUT2D eigenvalue weighted by Crippen LogP contribution is -2.36. The summed E-state index contributed by atoms with van der Waals surface area (Å²) in [6.07, 6.45) is 2.69. The van der Waals surface area contributed by atoms with Crippen LogP contribution in [0.2, 0.25) is 0 Å². The molecule has 2 heterocycles. The first-order valence-electron chi connectivity index (χ1n) is 9.71. The predicted octanol–water partition coefficient (Wildman–Crippen LogP) is 3.10. The van der Waals surface area contributed by atoms with Crippen LogP contribution >= 0.6 is 0 Å². The van der Waals surface area contributed by atoms with Gasteiger partial charge in [0.2, 0.25) is 0 Å². The summed E-state index contributed by atoms with van der Waals surface area (Å²) in [6, 6.07) is 8.09. The molecule has 28 heavy (non-hydrogen) atoms. The van der Waals surface area contributed by atoms with E-state index in [1.54, 1.807) is 24.3 Å². The van der Waals surface area contributed by atoms with Gasteiger partial charge in [-0.15, -0.1) is 0 Å². The van der Waals surface area contributed by atoms with Gasteiger partial charge in [-0.1, -0.05) is 0 Å². The summed E-state index contributed by atoms with van der Waals surface area (Å²) >= 11 is 0. The first-order chi connectivity index (χ1) is 13.5. The van der Waals surface area contributed by atoms with Crippen molar-refractivity contribution in [2.45, 2.75) is 38.8 Å². The first kappa shape index (κ1) is 20.1. The number of carbonyl (C=O) groups is 1. The van der Waals surface area contributed by atoms with E-state index in [2.05, 4.69) is 20.5 Å². The average molecular weight is 386 g/mol. The molecule has 0 radical (unpaired) electrons. The fourth-order valence-corrected chi connectivity index (χ4v) is 3.44. The maximum atomic E-state index is 13.9. The zero-order chi connectivity index (χ0) is 20.1. The number of pyridine rings is 1. The second kappa shape index (κ2) is 9.01. The molecule has 2 aromatic rings. The molecule has 3 N–H and O–H groups in total. The van der Waals surface area contributed by atoms with E-state index in [0.29, 0.717) is 30.8 Å². The zero-order valence-electron chi connectivity index (χ0n) is 16.3. The van der Waals surface area contributed by atoms with Gasteiger partial charge in [0.15, 0.2) is 0 Å². The second-order valence-corrected chi connectivity index (χ2v) is 7.08. The van der Waals surface area contributed by atoms with E-state index >= 15 is 0 Å². The molecular weight excluding hydrogens is 359 g/mol. The summed E-state index contributed by atoms with van der Waals surface area (Å²) in [5, 5.41) is 15.8. The molecule has 7 heteroatoms. The van der Waals surface area contributed by atoms with Gasteiger partial charge >= 0.3 is 0 Å². The molecule has 1 saturated heterocycles. The van der Waals surface area contributed by atoms with Gasteiger partial charge in [0.05, 0.1) is 17.7 Å². The Morgan fingerprint density at radius 1 is 1.32 bits per heavy atom. The smallest absolute Gasteiger partial charge is 0.252 e. The standard InChI is InChI=1S/C21H27FN4O2/c1-3-23-21(28)15-4-7-20(24-13-15)25-14(2)18-12-16(22)5-6-19(18)26-10-8-17(27)9-11-26/h4-7,12-14,17,27H,3,8-11H2,1-2H3,(H,23,28)(H,24,25). The lowest BCUT2D eigenvalue weighted by atomic mass is 10.0. The number of piperidine rings is 1. The van der Waals surface area contributed by atoms with Crippen molar-refractivity contribution in [1.29, 1.82) is 0 Å². The Morgan fingerprint density at radius 3 is 2.71 bits per heavy atom. The van der Waals surface area contributed by atoms with Crippen molar-refractivity contribution in [3.63, 3.8) is 0 Å². The zero-order valence-corrected chi connectivity index (χ0v) is 16.3. The van der Waals surface area contributed by atoms with Gasteiger partial charge in [0.1, 0.15) is 11.6 Å². The Kier molecular flexibility index (Phi) is 6.46. The van der Waals surface area contributed by atoms with E-state index in [9.17, 15) is 14.3 Å². The Morgan fingerprint density at radius 2 is 2.07 bits per heavy atom. The molecule has 1 aliphatic heterocycles. The minimum atomic E-state index is -0.288. The highest BCUT2D eigenvalue weighted by Gasteiger charge is 2.22. The summed E-state index contributed by atoms with van der Waals surface area (Å²) in [4.78, 5) is 18.3. The largest absolute Gasteiger partial charge is 0.393 e. The van der Waals surface area contributed by atoms with Gasteiger partial charge in [-0.2, -0.15) is 0 Å². The number of halogens is 1. The number of benzene rings is 1. The van der Waals surface area contributed by atoms with E-state index < -0.39 is 0 Å². The van der Waals surface area contributed by atoms with Crippen molar-refractivity contribution in [1.82, 2.24) is 10.3 Å². The van der Waals surface area contributed by atoms with Crippen LogP contribution in [0.3, 0.4) is 0 Å². The minimum absolute atomic E-state index is 0.158. The number of aromatic nitrogens is 1. The molecule has 150 valence electrons. The van der Waals surface area contributed by atoms with Gasteiger partial charge < -0.3 is 20.6 Å². The molecule has 1 aliphatic rings. The number of carbonyl (C=O) groups excluding carboxylic acids is 1.